The monoisotopic (exact) mass is 532 g/mol. The number of ketones is 1. The Balaban J connectivity index is 1.41. The zero-order chi connectivity index (χ0) is 28.2. The molecule has 1 fully saturated rings. The molecule has 0 radical (unpaired) electrons. The maximum Gasteiger partial charge on any atom is 0.410 e. The van der Waals surface area contributed by atoms with Gasteiger partial charge in [-0.1, -0.05) is 18.2 Å². The Labute approximate surface area is 230 Å². The highest BCUT2D eigenvalue weighted by Gasteiger charge is 2.32. The zero-order valence-electron chi connectivity index (χ0n) is 23.8. The molecule has 3 aromatic rings. The van der Waals surface area contributed by atoms with Crippen LogP contribution in [0, 0.1) is 13.8 Å². The lowest BCUT2D eigenvalue weighted by Gasteiger charge is -2.38. The van der Waals surface area contributed by atoms with E-state index in [0.29, 0.717) is 12.2 Å². The summed E-state index contributed by atoms with van der Waals surface area (Å²) in [7, 11) is 0. The molecule has 1 aromatic carbocycles. The molecule has 0 bridgehead atoms. The van der Waals surface area contributed by atoms with E-state index < -0.39 is 11.7 Å². The number of Topliss-reactive ketones (excluding diaryl/α,β-unsaturated/α-hetero) is 1. The predicted molar refractivity (Wildman–Crippen MR) is 153 cm³/mol. The Kier molecular flexibility index (Phi) is 8.85. The van der Waals surface area contributed by atoms with Gasteiger partial charge in [0.1, 0.15) is 5.60 Å². The van der Waals surface area contributed by atoms with E-state index >= 15 is 0 Å². The second-order valence-electron chi connectivity index (χ2n) is 11.6. The minimum Gasteiger partial charge on any atom is -0.444 e. The van der Waals surface area contributed by atoms with Gasteiger partial charge in [-0.05, 0) is 76.8 Å². The van der Waals surface area contributed by atoms with Crippen molar-refractivity contribution < 1.29 is 14.3 Å². The zero-order valence-corrected chi connectivity index (χ0v) is 23.8. The van der Waals surface area contributed by atoms with Gasteiger partial charge in [-0.2, -0.15) is 0 Å². The van der Waals surface area contributed by atoms with Crippen LogP contribution in [0.5, 0.6) is 0 Å². The highest BCUT2D eigenvalue weighted by Crippen LogP contribution is 2.22. The van der Waals surface area contributed by atoms with E-state index in [9.17, 15) is 14.4 Å². The van der Waals surface area contributed by atoms with Crippen molar-refractivity contribution in [2.45, 2.75) is 72.1 Å². The molecular weight excluding hydrogens is 492 g/mol. The van der Waals surface area contributed by atoms with E-state index in [0.717, 1.165) is 54.5 Å². The summed E-state index contributed by atoms with van der Waals surface area (Å²) in [5.41, 5.74) is 3.15. The SMILES string of the molecule is Cc1ccc2c(C)cc(=O)n(CCN3CCC(N(CC(=O)Cc4ccccn4)C(=O)OC(C)(C)C)CC3)c2c1. The summed E-state index contributed by atoms with van der Waals surface area (Å²) in [4.78, 5) is 47.1. The lowest BCUT2D eigenvalue weighted by molar-refractivity contribution is -0.120. The second kappa shape index (κ2) is 12.1. The molecule has 0 spiro atoms. The molecular formula is C31H40N4O4. The van der Waals surface area contributed by atoms with E-state index in [1.54, 1.807) is 17.2 Å². The molecule has 0 saturated carbocycles. The van der Waals surface area contributed by atoms with Crippen molar-refractivity contribution in [1.29, 1.82) is 0 Å². The summed E-state index contributed by atoms with van der Waals surface area (Å²) >= 11 is 0. The van der Waals surface area contributed by atoms with Gasteiger partial charge in [0.2, 0.25) is 0 Å². The minimum absolute atomic E-state index is 0.000253. The highest BCUT2D eigenvalue weighted by molar-refractivity contribution is 5.86. The van der Waals surface area contributed by atoms with E-state index in [-0.39, 0.29) is 30.3 Å². The predicted octanol–water partition coefficient (Wildman–Crippen LogP) is 4.53. The van der Waals surface area contributed by atoms with Crippen LogP contribution in [-0.4, -0.2) is 69.0 Å². The number of benzene rings is 1. The summed E-state index contributed by atoms with van der Waals surface area (Å²) in [6, 6.07) is 13.3. The number of likely N-dealkylation sites (tertiary alicyclic amines) is 1. The van der Waals surface area contributed by atoms with Crippen LogP contribution in [0.3, 0.4) is 0 Å². The number of pyridine rings is 2. The van der Waals surface area contributed by atoms with Gasteiger partial charge < -0.3 is 14.2 Å². The van der Waals surface area contributed by atoms with Gasteiger partial charge in [0.05, 0.1) is 18.5 Å². The van der Waals surface area contributed by atoms with Crippen molar-refractivity contribution in [3.63, 3.8) is 0 Å². The minimum atomic E-state index is -0.650. The third-order valence-corrected chi connectivity index (χ3v) is 7.19. The molecule has 3 heterocycles. The van der Waals surface area contributed by atoms with Crippen LogP contribution in [0.2, 0.25) is 0 Å². The number of carbonyl (C=O) groups excluding carboxylic acids is 2. The maximum atomic E-state index is 13.1. The van der Waals surface area contributed by atoms with Crippen LogP contribution in [0.25, 0.3) is 10.9 Å². The topological polar surface area (TPSA) is 84.7 Å². The summed E-state index contributed by atoms with van der Waals surface area (Å²) in [6.07, 6.45) is 2.86. The Hall–Kier alpha value is -3.52. The van der Waals surface area contributed by atoms with Crippen molar-refractivity contribution in [3.05, 3.63) is 75.8 Å². The maximum absolute atomic E-state index is 13.1. The van der Waals surface area contributed by atoms with E-state index in [2.05, 4.69) is 28.1 Å². The van der Waals surface area contributed by atoms with Crippen molar-refractivity contribution in [3.8, 4) is 0 Å². The van der Waals surface area contributed by atoms with E-state index in [4.69, 9.17) is 4.74 Å². The van der Waals surface area contributed by atoms with Crippen LogP contribution < -0.4 is 5.56 Å². The molecule has 0 unspecified atom stereocenters. The van der Waals surface area contributed by atoms with Crippen molar-refractivity contribution in [1.82, 2.24) is 19.4 Å². The Morgan fingerprint density at radius 3 is 2.46 bits per heavy atom. The smallest absolute Gasteiger partial charge is 0.410 e. The van der Waals surface area contributed by atoms with Crippen molar-refractivity contribution in [2.24, 2.45) is 0 Å². The summed E-state index contributed by atoms with van der Waals surface area (Å²) < 4.78 is 7.54. The number of aromatic nitrogens is 2. The van der Waals surface area contributed by atoms with Gasteiger partial charge in [-0.15, -0.1) is 0 Å². The van der Waals surface area contributed by atoms with Crippen LogP contribution >= 0.6 is 0 Å². The van der Waals surface area contributed by atoms with Gasteiger partial charge >= 0.3 is 6.09 Å². The quantitative estimate of drug-likeness (QED) is 0.424. The first kappa shape index (κ1) is 28.5. The Bertz CT molecular complexity index is 1370. The fourth-order valence-electron chi connectivity index (χ4n) is 5.20. The number of nitrogens with zero attached hydrogens (tertiary/aromatic N) is 4. The molecule has 0 atom stereocenters. The largest absolute Gasteiger partial charge is 0.444 e. The van der Waals surface area contributed by atoms with Crippen LogP contribution in [0.15, 0.2) is 53.5 Å². The number of carbonyl (C=O) groups is 2. The third-order valence-electron chi connectivity index (χ3n) is 7.19. The number of piperidine rings is 1. The van der Waals surface area contributed by atoms with Crippen molar-refractivity contribution >= 4 is 22.8 Å². The molecule has 1 amide bonds. The summed E-state index contributed by atoms with van der Waals surface area (Å²) in [6.45, 7) is 12.4. The van der Waals surface area contributed by atoms with Crippen LogP contribution in [0.4, 0.5) is 4.79 Å². The molecule has 0 aliphatic carbocycles. The summed E-state index contributed by atoms with van der Waals surface area (Å²) in [5.74, 6) is -0.0668. The average Bonchev–Trinajstić information content (AvgIpc) is 2.87. The van der Waals surface area contributed by atoms with Crippen LogP contribution in [0.1, 0.15) is 50.4 Å². The number of fused-ring (bicyclic) bond motifs is 1. The molecule has 2 aromatic heterocycles. The Morgan fingerprint density at radius 1 is 1.05 bits per heavy atom. The average molecular weight is 533 g/mol. The standard InChI is InChI=1S/C31H40N4O4/c1-22-9-10-27-23(2)19-29(37)34(28(27)18-22)17-16-33-14-11-25(12-15-33)35(30(38)39-31(3,4)5)21-26(36)20-24-8-6-7-13-32-24/h6-10,13,18-19,25H,11-12,14-17,20-21H2,1-5H3. The van der Waals surface area contributed by atoms with Gasteiger partial charge in [-0.3, -0.25) is 19.5 Å². The molecule has 208 valence electrons. The second-order valence-corrected chi connectivity index (χ2v) is 11.6. The highest BCUT2D eigenvalue weighted by atomic mass is 16.6. The lowest BCUT2D eigenvalue weighted by Crippen LogP contribution is -2.51. The fourth-order valence-corrected chi connectivity index (χ4v) is 5.20. The van der Waals surface area contributed by atoms with E-state index in [1.807, 2.05) is 57.4 Å². The van der Waals surface area contributed by atoms with Crippen LogP contribution in [-0.2, 0) is 22.5 Å². The number of hydrogen-bond acceptors (Lipinski definition) is 6. The molecule has 1 aliphatic heterocycles. The number of amides is 1. The molecule has 4 rings (SSSR count). The molecule has 1 saturated heterocycles. The number of ether oxygens (including phenoxy) is 1. The first-order valence-corrected chi connectivity index (χ1v) is 13.7. The van der Waals surface area contributed by atoms with Gasteiger partial charge in [0.25, 0.3) is 5.56 Å². The first-order chi connectivity index (χ1) is 18.5. The third kappa shape index (κ3) is 7.53. The molecule has 8 nitrogen and oxygen atoms in total. The normalized spacial score (nSPS) is 14.9. The van der Waals surface area contributed by atoms with Gasteiger partial charge in [0, 0.05) is 55.6 Å². The van der Waals surface area contributed by atoms with Gasteiger partial charge in [0.15, 0.2) is 5.78 Å². The number of aryl methyl sites for hydroxylation is 2. The first-order valence-electron chi connectivity index (χ1n) is 13.7. The van der Waals surface area contributed by atoms with E-state index in [1.165, 1.54) is 0 Å². The molecule has 0 N–H and O–H groups in total. The lowest BCUT2D eigenvalue weighted by atomic mass is 10.0. The molecule has 39 heavy (non-hydrogen) atoms. The van der Waals surface area contributed by atoms with Gasteiger partial charge in [-0.25, -0.2) is 4.79 Å². The Morgan fingerprint density at radius 2 is 1.79 bits per heavy atom. The number of hydrogen-bond donors (Lipinski definition) is 0. The summed E-state index contributed by atoms with van der Waals surface area (Å²) in [5, 5.41) is 1.10. The fraction of sp³-hybridized carbons (Fsp3) is 0.484. The number of rotatable bonds is 8. The van der Waals surface area contributed by atoms with Crippen molar-refractivity contribution in [2.75, 3.05) is 26.2 Å². The molecule has 8 heteroatoms. The molecule has 1 aliphatic rings.